The predicted octanol–water partition coefficient (Wildman–Crippen LogP) is 2.71. The summed E-state index contributed by atoms with van der Waals surface area (Å²) in [4.78, 5) is 4.34. The molecule has 0 bridgehead atoms. The molecule has 0 saturated carbocycles. The van der Waals surface area contributed by atoms with Crippen LogP contribution in [0.5, 0.6) is 11.5 Å². The van der Waals surface area contributed by atoms with E-state index in [4.69, 9.17) is 15.2 Å². The lowest BCUT2D eigenvalue weighted by Gasteiger charge is -2.12. The Morgan fingerprint density at radius 2 is 2.12 bits per heavy atom. The van der Waals surface area contributed by atoms with E-state index in [0.29, 0.717) is 18.3 Å². The van der Waals surface area contributed by atoms with E-state index in [0.717, 1.165) is 30.0 Å². The number of anilines is 1. The zero-order chi connectivity index (χ0) is 16.7. The Morgan fingerprint density at radius 3 is 2.75 bits per heavy atom. The first-order valence-electron chi connectivity index (χ1n) is 7.42. The molecule has 4 N–H and O–H groups in total. The number of aromatic amines is 1. The number of nitrogens with one attached hydrogen (secondary N) is 2. The van der Waals surface area contributed by atoms with Crippen molar-refractivity contribution in [2.24, 2.45) is 10.7 Å². The zero-order valence-corrected chi connectivity index (χ0v) is 16.5. The smallest absolute Gasteiger partial charge is 0.193 e. The van der Waals surface area contributed by atoms with Crippen LogP contribution < -0.4 is 20.5 Å². The number of guanidine groups is 1. The number of aromatic nitrogens is 2. The number of nitrogens with two attached hydrogens (primary N) is 1. The molecule has 7 nitrogen and oxygen atoms in total. The topological polar surface area (TPSA) is 97.6 Å². The zero-order valence-electron chi connectivity index (χ0n) is 14.1. The van der Waals surface area contributed by atoms with Gasteiger partial charge in [-0.2, -0.15) is 5.10 Å². The minimum Gasteiger partial charge on any atom is -0.497 e. The first-order chi connectivity index (χ1) is 11.1. The van der Waals surface area contributed by atoms with Crippen molar-refractivity contribution >= 4 is 35.6 Å². The summed E-state index contributed by atoms with van der Waals surface area (Å²) in [7, 11) is 3.22. The maximum atomic E-state index is 5.93. The van der Waals surface area contributed by atoms with Gasteiger partial charge in [0.1, 0.15) is 11.5 Å². The third-order valence-electron chi connectivity index (χ3n) is 3.49. The Hall–Kier alpha value is -1.97. The van der Waals surface area contributed by atoms with E-state index in [2.05, 4.69) is 20.5 Å². The fraction of sp³-hybridized carbons (Fsp3) is 0.375. The number of H-pyrrole nitrogens is 1. The van der Waals surface area contributed by atoms with Crippen molar-refractivity contribution in [1.82, 2.24) is 10.2 Å². The lowest BCUT2D eigenvalue weighted by molar-refractivity contribution is 0.405. The third-order valence-corrected chi connectivity index (χ3v) is 3.49. The minimum atomic E-state index is 0. The van der Waals surface area contributed by atoms with Crippen LogP contribution in [-0.2, 0) is 6.42 Å². The second kappa shape index (κ2) is 10.0. The van der Waals surface area contributed by atoms with Gasteiger partial charge < -0.3 is 20.5 Å². The monoisotopic (exact) mass is 445 g/mol. The number of benzene rings is 1. The summed E-state index contributed by atoms with van der Waals surface area (Å²) < 4.78 is 10.5. The highest BCUT2D eigenvalue weighted by atomic mass is 127. The van der Waals surface area contributed by atoms with Gasteiger partial charge in [-0.3, -0.25) is 10.1 Å². The fourth-order valence-electron chi connectivity index (χ4n) is 2.19. The summed E-state index contributed by atoms with van der Waals surface area (Å²) in [6.45, 7) is 2.65. The highest BCUT2D eigenvalue weighted by Gasteiger charge is 2.06. The van der Waals surface area contributed by atoms with E-state index in [1.54, 1.807) is 14.2 Å². The summed E-state index contributed by atoms with van der Waals surface area (Å²) in [6, 6.07) is 5.46. The summed E-state index contributed by atoms with van der Waals surface area (Å²) in [6.07, 6.45) is 3.67. The second-order valence-electron chi connectivity index (χ2n) is 5.08. The van der Waals surface area contributed by atoms with Crippen molar-refractivity contribution in [1.29, 1.82) is 0 Å². The first-order valence-corrected chi connectivity index (χ1v) is 7.42. The molecule has 1 heterocycles. The van der Waals surface area contributed by atoms with Crippen molar-refractivity contribution in [2.45, 2.75) is 19.8 Å². The third kappa shape index (κ3) is 5.59. The van der Waals surface area contributed by atoms with E-state index in [1.807, 2.05) is 31.3 Å². The molecule has 1 aromatic carbocycles. The van der Waals surface area contributed by atoms with Crippen LogP contribution in [0, 0.1) is 6.92 Å². The van der Waals surface area contributed by atoms with Crippen LogP contribution in [-0.4, -0.2) is 36.9 Å². The number of methoxy groups -OCH3 is 2. The highest BCUT2D eigenvalue weighted by Crippen LogP contribution is 2.28. The normalized spacial score (nSPS) is 10.9. The molecule has 1 aromatic heterocycles. The van der Waals surface area contributed by atoms with Gasteiger partial charge in [-0.15, -0.1) is 24.0 Å². The number of aliphatic imine (C=N–C) groups is 1. The molecule has 0 spiro atoms. The van der Waals surface area contributed by atoms with E-state index >= 15 is 0 Å². The number of nitrogens with zero attached hydrogens (tertiary/aromatic N) is 2. The SMILES string of the molecule is COc1ccc(OC)c(NC(N)=NCCCc2cn[nH]c2C)c1.I. The van der Waals surface area contributed by atoms with Crippen molar-refractivity contribution in [3.63, 3.8) is 0 Å². The van der Waals surface area contributed by atoms with Crippen LogP contribution in [0.4, 0.5) is 5.69 Å². The summed E-state index contributed by atoms with van der Waals surface area (Å²) in [5.41, 5.74) is 8.96. The molecule has 132 valence electrons. The molecule has 0 aliphatic rings. The van der Waals surface area contributed by atoms with Crippen LogP contribution >= 0.6 is 24.0 Å². The molecule has 0 aliphatic heterocycles. The lowest BCUT2D eigenvalue weighted by Crippen LogP contribution is -2.23. The lowest BCUT2D eigenvalue weighted by atomic mass is 10.1. The molecule has 0 radical (unpaired) electrons. The number of aryl methyl sites for hydroxylation is 2. The Bertz CT molecular complexity index is 672. The van der Waals surface area contributed by atoms with Crippen molar-refractivity contribution in [3.8, 4) is 11.5 Å². The Morgan fingerprint density at radius 1 is 1.33 bits per heavy atom. The molecule has 2 rings (SSSR count). The van der Waals surface area contributed by atoms with Crippen LogP contribution in [0.3, 0.4) is 0 Å². The molecule has 8 heteroatoms. The Kier molecular flexibility index (Phi) is 8.37. The van der Waals surface area contributed by atoms with Gasteiger partial charge in [0.05, 0.1) is 26.1 Å². The summed E-state index contributed by atoms with van der Waals surface area (Å²) in [5.74, 6) is 1.75. The number of hydrogen-bond acceptors (Lipinski definition) is 4. The number of ether oxygens (including phenoxy) is 2. The van der Waals surface area contributed by atoms with E-state index in [1.165, 1.54) is 5.56 Å². The van der Waals surface area contributed by atoms with Crippen LogP contribution in [0.1, 0.15) is 17.7 Å². The van der Waals surface area contributed by atoms with Crippen LogP contribution in [0.2, 0.25) is 0 Å². The second-order valence-corrected chi connectivity index (χ2v) is 5.08. The number of hydrogen-bond donors (Lipinski definition) is 3. The van der Waals surface area contributed by atoms with Gasteiger partial charge in [-0.05, 0) is 37.5 Å². The molecule has 0 unspecified atom stereocenters. The van der Waals surface area contributed by atoms with Gasteiger partial charge in [0.25, 0.3) is 0 Å². The number of rotatable bonds is 7. The standard InChI is InChI=1S/C16H23N5O2.HI/c1-11-12(10-19-21-11)5-4-8-18-16(17)20-14-9-13(22-2)6-7-15(14)23-3;/h6-7,9-10H,4-5,8H2,1-3H3,(H,19,21)(H3,17,18,20);1H. The van der Waals surface area contributed by atoms with Gasteiger partial charge in [0.2, 0.25) is 0 Å². The molecule has 2 aromatic rings. The quantitative estimate of drug-likeness (QED) is 0.264. The molecule has 0 atom stereocenters. The van der Waals surface area contributed by atoms with Crippen molar-refractivity contribution in [3.05, 3.63) is 35.7 Å². The Balaban J connectivity index is 0.00000288. The van der Waals surface area contributed by atoms with E-state index < -0.39 is 0 Å². The molecule has 0 fully saturated rings. The van der Waals surface area contributed by atoms with Gasteiger partial charge in [0.15, 0.2) is 5.96 Å². The molecule has 0 saturated heterocycles. The highest BCUT2D eigenvalue weighted by molar-refractivity contribution is 14.0. The fourth-order valence-corrected chi connectivity index (χ4v) is 2.19. The number of halogens is 1. The summed E-state index contributed by atoms with van der Waals surface area (Å²) >= 11 is 0. The molecular formula is C16H24IN5O2. The van der Waals surface area contributed by atoms with Crippen molar-refractivity contribution in [2.75, 3.05) is 26.1 Å². The van der Waals surface area contributed by atoms with Gasteiger partial charge >= 0.3 is 0 Å². The molecule has 0 aliphatic carbocycles. The van der Waals surface area contributed by atoms with Gasteiger partial charge in [-0.1, -0.05) is 0 Å². The molecule has 0 amide bonds. The van der Waals surface area contributed by atoms with Crippen LogP contribution in [0.15, 0.2) is 29.4 Å². The van der Waals surface area contributed by atoms with E-state index in [-0.39, 0.29) is 24.0 Å². The average Bonchev–Trinajstić information content (AvgIpc) is 2.96. The molecular weight excluding hydrogens is 421 g/mol. The predicted molar refractivity (Wildman–Crippen MR) is 107 cm³/mol. The summed E-state index contributed by atoms with van der Waals surface area (Å²) in [5, 5.41) is 9.97. The Labute approximate surface area is 159 Å². The van der Waals surface area contributed by atoms with Gasteiger partial charge in [-0.25, -0.2) is 0 Å². The maximum Gasteiger partial charge on any atom is 0.193 e. The van der Waals surface area contributed by atoms with Crippen LogP contribution in [0.25, 0.3) is 0 Å². The van der Waals surface area contributed by atoms with Gasteiger partial charge in [0, 0.05) is 18.3 Å². The minimum absolute atomic E-state index is 0. The molecule has 24 heavy (non-hydrogen) atoms. The van der Waals surface area contributed by atoms with E-state index in [9.17, 15) is 0 Å². The largest absolute Gasteiger partial charge is 0.497 e. The average molecular weight is 445 g/mol. The first kappa shape index (κ1) is 20.1. The van der Waals surface area contributed by atoms with Crippen molar-refractivity contribution < 1.29 is 9.47 Å². The maximum absolute atomic E-state index is 5.93.